The second kappa shape index (κ2) is 9.08. The van der Waals surface area contributed by atoms with Crippen LogP contribution in [0.25, 0.3) is 22.0 Å². The van der Waals surface area contributed by atoms with E-state index in [4.69, 9.17) is 4.74 Å². The number of hydrogen-bond acceptors (Lipinski definition) is 6. The van der Waals surface area contributed by atoms with E-state index in [9.17, 15) is 9.90 Å². The minimum absolute atomic E-state index is 0.115. The molecule has 2 atom stereocenters. The third kappa shape index (κ3) is 4.13. The molecule has 7 nitrogen and oxygen atoms in total. The zero-order valence-corrected chi connectivity index (χ0v) is 19.7. The van der Waals surface area contributed by atoms with Gasteiger partial charge in [0.2, 0.25) is 0 Å². The number of fused-ring (bicyclic) bond motifs is 1. The number of aromatic nitrogens is 4. The van der Waals surface area contributed by atoms with Crippen LogP contribution in [0, 0.1) is 20.8 Å². The summed E-state index contributed by atoms with van der Waals surface area (Å²) in [6.07, 6.45) is 3.93. The lowest BCUT2D eigenvalue weighted by molar-refractivity contribution is -0.0395. The van der Waals surface area contributed by atoms with E-state index in [1.54, 1.807) is 17.1 Å². The highest BCUT2D eigenvalue weighted by Gasteiger charge is 2.27. The number of ether oxygens (including phenoxy) is 1. The van der Waals surface area contributed by atoms with Crippen molar-refractivity contribution in [1.82, 2.24) is 19.7 Å². The summed E-state index contributed by atoms with van der Waals surface area (Å²) in [4.78, 5) is 18.0. The molecule has 1 fully saturated rings. The molecule has 0 bridgehead atoms. The molecular weight excluding hydrogens is 428 g/mol. The minimum Gasteiger partial charge on any atom is -0.389 e. The van der Waals surface area contributed by atoms with Crippen LogP contribution in [0.1, 0.15) is 40.4 Å². The molecular formula is C27H28N4O3. The van der Waals surface area contributed by atoms with Crippen LogP contribution < -0.4 is 5.56 Å². The van der Waals surface area contributed by atoms with Crippen molar-refractivity contribution in [3.05, 3.63) is 87.2 Å². The lowest BCUT2D eigenvalue weighted by Crippen LogP contribution is -2.39. The van der Waals surface area contributed by atoms with E-state index in [0.717, 1.165) is 44.6 Å². The highest BCUT2D eigenvalue weighted by molar-refractivity contribution is 5.83. The summed E-state index contributed by atoms with van der Waals surface area (Å²) in [5, 5.41) is 19.0. The maximum atomic E-state index is 13.4. The fourth-order valence-corrected chi connectivity index (χ4v) is 4.73. The van der Waals surface area contributed by atoms with Gasteiger partial charge in [0.15, 0.2) is 0 Å². The van der Waals surface area contributed by atoms with Crippen LogP contribution in [0.3, 0.4) is 0 Å². The molecule has 1 N–H and O–H groups in total. The van der Waals surface area contributed by atoms with Gasteiger partial charge in [-0.2, -0.15) is 10.2 Å². The predicted octanol–water partition coefficient (Wildman–Crippen LogP) is 3.69. The van der Waals surface area contributed by atoms with Gasteiger partial charge in [-0.1, -0.05) is 24.3 Å². The number of aliphatic hydroxyl groups excluding tert-OH is 1. The van der Waals surface area contributed by atoms with Gasteiger partial charge in [-0.05, 0) is 73.6 Å². The van der Waals surface area contributed by atoms with Crippen LogP contribution in [0.2, 0.25) is 0 Å². The van der Waals surface area contributed by atoms with Crippen molar-refractivity contribution in [2.24, 2.45) is 0 Å². The molecule has 1 aliphatic rings. The Labute approximate surface area is 198 Å². The first kappa shape index (κ1) is 22.4. The summed E-state index contributed by atoms with van der Waals surface area (Å²) in [7, 11) is 0. The molecule has 7 heteroatoms. The zero-order chi connectivity index (χ0) is 23.8. The zero-order valence-electron chi connectivity index (χ0n) is 19.7. The van der Waals surface area contributed by atoms with Crippen molar-refractivity contribution in [2.45, 2.75) is 45.8 Å². The standard InChI is InChI=1S/C27H28N4O3/c1-16-10-22(13-29-30-16)20-6-4-19(5-7-20)11-21-12-23-26(18(3)17(21)2)28-15-31(27(23)33)24-8-9-34-14-25(24)32/h4-7,10,12-13,15,24-25,32H,8-9,11,14H2,1-3H3/t24-,25-/m0/s1. The first-order valence-electron chi connectivity index (χ1n) is 11.6. The van der Waals surface area contributed by atoms with Gasteiger partial charge in [-0.25, -0.2) is 4.98 Å². The fourth-order valence-electron chi connectivity index (χ4n) is 4.73. The average molecular weight is 457 g/mol. The third-order valence-electron chi connectivity index (χ3n) is 6.86. The highest BCUT2D eigenvalue weighted by Crippen LogP contribution is 2.27. The van der Waals surface area contributed by atoms with E-state index in [0.29, 0.717) is 24.8 Å². The van der Waals surface area contributed by atoms with Gasteiger partial charge in [0.25, 0.3) is 5.56 Å². The monoisotopic (exact) mass is 456 g/mol. The Morgan fingerprint density at radius 2 is 1.88 bits per heavy atom. The number of aryl methyl sites for hydroxylation is 2. The summed E-state index contributed by atoms with van der Waals surface area (Å²) in [6, 6.07) is 12.1. The largest absolute Gasteiger partial charge is 0.389 e. The van der Waals surface area contributed by atoms with Gasteiger partial charge in [-0.3, -0.25) is 9.36 Å². The molecule has 1 saturated heterocycles. The number of aliphatic hydroxyl groups is 1. The Bertz CT molecular complexity index is 1410. The van der Waals surface area contributed by atoms with Crippen LogP contribution in [-0.4, -0.2) is 44.2 Å². The minimum atomic E-state index is -0.713. The number of hydrogen-bond donors (Lipinski definition) is 1. The van der Waals surface area contributed by atoms with Crippen molar-refractivity contribution in [2.75, 3.05) is 13.2 Å². The van der Waals surface area contributed by atoms with Crippen LogP contribution in [0.4, 0.5) is 0 Å². The van der Waals surface area contributed by atoms with Gasteiger partial charge in [0.05, 0.1) is 47.9 Å². The van der Waals surface area contributed by atoms with Crippen molar-refractivity contribution in [3.8, 4) is 11.1 Å². The molecule has 0 saturated carbocycles. The van der Waals surface area contributed by atoms with E-state index in [2.05, 4.69) is 46.4 Å². The summed E-state index contributed by atoms with van der Waals surface area (Å²) in [5.41, 5.74) is 8.04. The lowest BCUT2D eigenvalue weighted by Gasteiger charge is -2.29. The first-order valence-corrected chi connectivity index (χ1v) is 11.6. The molecule has 0 amide bonds. The molecule has 0 spiro atoms. The summed E-state index contributed by atoms with van der Waals surface area (Å²) in [5.74, 6) is 0. The van der Waals surface area contributed by atoms with Gasteiger partial charge in [-0.15, -0.1) is 0 Å². The number of benzene rings is 2. The van der Waals surface area contributed by atoms with E-state index in [1.165, 1.54) is 0 Å². The third-order valence-corrected chi connectivity index (χ3v) is 6.86. The topological polar surface area (TPSA) is 90.1 Å². The Morgan fingerprint density at radius 1 is 1.09 bits per heavy atom. The van der Waals surface area contributed by atoms with Gasteiger partial charge >= 0.3 is 0 Å². The van der Waals surface area contributed by atoms with Crippen LogP contribution in [0.5, 0.6) is 0 Å². The molecule has 1 aliphatic heterocycles. The quantitative estimate of drug-likeness (QED) is 0.504. The van der Waals surface area contributed by atoms with Crippen molar-refractivity contribution < 1.29 is 9.84 Å². The normalized spacial score (nSPS) is 18.4. The molecule has 5 rings (SSSR count). The maximum absolute atomic E-state index is 13.4. The van der Waals surface area contributed by atoms with E-state index in [-0.39, 0.29) is 18.2 Å². The Hall–Kier alpha value is -3.42. The van der Waals surface area contributed by atoms with Crippen molar-refractivity contribution in [3.63, 3.8) is 0 Å². The Morgan fingerprint density at radius 3 is 2.62 bits per heavy atom. The molecule has 4 aromatic rings. The first-order chi connectivity index (χ1) is 16.4. The SMILES string of the molecule is Cc1cc(-c2ccc(Cc3cc4c(=O)n([C@H]5CCOC[C@@H]5O)cnc4c(C)c3C)cc2)cnn1. The molecule has 174 valence electrons. The van der Waals surface area contributed by atoms with Crippen molar-refractivity contribution in [1.29, 1.82) is 0 Å². The number of rotatable bonds is 4. The predicted molar refractivity (Wildman–Crippen MR) is 131 cm³/mol. The maximum Gasteiger partial charge on any atom is 0.261 e. The molecule has 0 radical (unpaired) electrons. The van der Waals surface area contributed by atoms with Crippen LogP contribution >= 0.6 is 0 Å². The Kier molecular flexibility index (Phi) is 5.98. The van der Waals surface area contributed by atoms with Crippen molar-refractivity contribution >= 4 is 10.9 Å². The second-order valence-corrected chi connectivity index (χ2v) is 9.10. The van der Waals surface area contributed by atoms with E-state index < -0.39 is 6.10 Å². The highest BCUT2D eigenvalue weighted by atomic mass is 16.5. The van der Waals surface area contributed by atoms with E-state index >= 15 is 0 Å². The molecule has 0 aliphatic carbocycles. The summed E-state index contributed by atoms with van der Waals surface area (Å²) in [6.45, 7) is 6.79. The van der Waals surface area contributed by atoms with E-state index in [1.807, 2.05) is 26.0 Å². The van der Waals surface area contributed by atoms with Crippen LogP contribution in [-0.2, 0) is 11.2 Å². The Balaban J connectivity index is 1.50. The van der Waals surface area contributed by atoms with Crippen LogP contribution in [0.15, 0.2) is 53.7 Å². The molecule has 3 heterocycles. The molecule has 2 aromatic carbocycles. The summed E-state index contributed by atoms with van der Waals surface area (Å²) >= 11 is 0. The van der Waals surface area contributed by atoms with Gasteiger partial charge in [0.1, 0.15) is 0 Å². The second-order valence-electron chi connectivity index (χ2n) is 9.10. The smallest absolute Gasteiger partial charge is 0.261 e. The van der Waals surface area contributed by atoms with Gasteiger partial charge < -0.3 is 9.84 Å². The molecule has 0 unspecified atom stereocenters. The fraction of sp³-hybridized carbons (Fsp3) is 0.333. The average Bonchev–Trinajstić information content (AvgIpc) is 2.84. The molecule has 2 aromatic heterocycles. The number of nitrogens with zero attached hydrogens (tertiary/aromatic N) is 4. The lowest BCUT2D eigenvalue weighted by atomic mass is 9.94. The molecule has 34 heavy (non-hydrogen) atoms. The summed E-state index contributed by atoms with van der Waals surface area (Å²) < 4.78 is 6.91. The van der Waals surface area contributed by atoms with Gasteiger partial charge in [0, 0.05) is 12.2 Å².